The molecule has 4 nitrogen and oxygen atoms in total. The maximum atomic E-state index is 12.4. The van der Waals surface area contributed by atoms with Gasteiger partial charge in [-0.25, -0.2) is 8.42 Å². The van der Waals surface area contributed by atoms with Crippen LogP contribution in [0.5, 0.6) is 0 Å². The summed E-state index contributed by atoms with van der Waals surface area (Å²) in [5.41, 5.74) is 0.284. The summed E-state index contributed by atoms with van der Waals surface area (Å²) in [6.45, 7) is 0.771. The lowest BCUT2D eigenvalue weighted by atomic mass is 9.61. The number of rotatable bonds is 4. The van der Waals surface area contributed by atoms with E-state index in [1.54, 1.807) is 0 Å². The van der Waals surface area contributed by atoms with Crippen LogP contribution in [0.3, 0.4) is 0 Å². The minimum Gasteiger partial charge on any atom is -0.355 e. The van der Waals surface area contributed by atoms with E-state index in [9.17, 15) is 13.2 Å². The second kappa shape index (κ2) is 7.12. The summed E-state index contributed by atoms with van der Waals surface area (Å²) >= 11 is 0. The van der Waals surface area contributed by atoms with E-state index in [1.807, 2.05) is 0 Å². The molecule has 2 saturated carbocycles. The zero-order valence-electron chi connectivity index (χ0n) is 14.2. The summed E-state index contributed by atoms with van der Waals surface area (Å²) in [5, 5.41) is 3.17. The Morgan fingerprint density at radius 2 is 1.61 bits per heavy atom. The Labute approximate surface area is 140 Å². The Morgan fingerprint density at radius 1 is 0.957 bits per heavy atom. The number of amides is 1. The maximum absolute atomic E-state index is 12.4. The summed E-state index contributed by atoms with van der Waals surface area (Å²) in [6, 6.07) is 0. The second-order valence-electron chi connectivity index (χ2n) is 8.08. The van der Waals surface area contributed by atoms with E-state index in [-0.39, 0.29) is 28.7 Å². The number of hydrogen-bond donors (Lipinski definition) is 1. The Hall–Kier alpha value is -0.580. The molecule has 1 amide bonds. The van der Waals surface area contributed by atoms with Crippen molar-refractivity contribution in [3.8, 4) is 0 Å². The van der Waals surface area contributed by atoms with Crippen molar-refractivity contribution in [3.63, 3.8) is 0 Å². The van der Waals surface area contributed by atoms with Crippen LogP contribution in [0.2, 0.25) is 0 Å². The Balaban J connectivity index is 1.61. The predicted molar refractivity (Wildman–Crippen MR) is 91.9 cm³/mol. The van der Waals surface area contributed by atoms with Crippen LogP contribution in [0.25, 0.3) is 0 Å². The predicted octanol–water partition coefficient (Wildman–Crippen LogP) is 3.07. The molecule has 3 rings (SSSR count). The summed E-state index contributed by atoms with van der Waals surface area (Å²) < 4.78 is 23.2. The summed E-state index contributed by atoms with van der Waals surface area (Å²) in [7, 11) is -2.98. The monoisotopic (exact) mass is 341 g/mol. The molecule has 0 aromatic rings. The van der Waals surface area contributed by atoms with E-state index < -0.39 is 9.84 Å². The van der Waals surface area contributed by atoms with Gasteiger partial charge in [0.25, 0.3) is 0 Å². The van der Waals surface area contributed by atoms with Crippen LogP contribution in [0.1, 0.15) is 70.6 Å². The Bertz CT molecular complexity index is 516. The fraction of sp³-hybridized carbons (Fsp3) is 0.944. The number of hydrogen-bond acceptors (Lipinski definition) is 3. The second-order valence-corrected chi connectivity index (χ2v) is 10.3. The molecule has 0 aromatic carbocycles. The molecule has 5 heteroatoms. The first-order valence-corrected chi connectivity index (χ1v) is 11.3. The summed E-state index contributed by atoms with van der Waals surface area (Å²) in [4.78, 5) is 12.4. The van der Waals surface area contributed by atoms with Crippen molar-refractivity contribution >= 4 is 15.7 Å². The molecule has 0 spiro atoms. The highest BCUT2D eigenvalue weighted by Gasteiger charge is 2.41. The highest BCUT2D eigenvalue weighted by molar-refractivity contribution is 7.91. The van der Waals surface area contributed by atoms with Gasteiger partial charge in [0, 0.05) is 6.54 Å². The molecule has 1 aliphatic heterocycles. The molecule has 2 aliphatic carbocycles. The fourth-order valence-corrected chi connectivity index (χ4v) is 6.85. The van der Waals surface area contributed by atoms with Crippen LogP contribution in [0.4, 0.5) is 0 Å². The number of nitrogens with one attached hydrogen (secondary N) is 1. The van der Waals surface area contributed by atoms with Crippen molar-refractivity contribution in [1.29, 1.82) is 0 Å². The maximum Gasteiger partial charge on any atom is 0.224 e. The third-order valence-corrected chi connectivity index (χ3v) is 8.31. The molecule has 0 bridgehead atoms. The fourth-order valence-electron chi connectivity index (χ4n) is 5.11. The smallest absolute Gasteiger partial charge is 0.224 e. The first kappa shape index (κ1) is 17.2. The lowest BCUT2D eigenvalue weighted by Gasteiger charge is -2.45. The van der Waals surface area contributed by atoms with Crippen molar-refractivity contribution in [1.82, 2.24) is 5.32 Å². The van der Waals surface area contributed by atoms with Crippen LogP contribution >= 0.6 is 0 Å². The highest BCUT2D eigenvalue weighted by Crippen LogP contribution is 2.47. The molecule has 1 saturated heterocycles. The van der Waals surface area contributed by atoms with Crippen molar-refractivity contribution < 1.29 is 13.2 Å². The molecule has 1 N–H and O–H groups in total. The van der Waals surface area contributed by atoms with Crippen molar-refractivity contribution in [3.05, 3.63) is 0 Å². The molecule has 1 heterocycles. The number of sulfone groups is 1. The quantitative estimate of drug-likeness (QED) is 0.855. The molecule has 3 aliphatic rings. The molecular formula is C18H31NO3S. The minimum atomic E-state index is -2.98. The van der Waals surface area contributed by atoms with E-state index >= 15 is 0 Å². The highest BCUT2D eigenvalue weighted by atomic mass is 32.2. The van der Waals surface area contributed by atoms with Crippen molar-refractivity contribution in [2.45, 2.75) is 70.6 Å². The van der Waals surface area contributed by atoms with E-state index in [2.05, 4.69) is 5.32 Å². The van der Waals surface area contributed by atoms with Gasteiger partial charge >= 0.3 is 0 Å². The van der Waals surface area contributed by atoms with Gasteiger partial charge in [-0.15, -0.1) is 0 Å². The van der Waals surface area contributed by atoms with Gasteiger partial charge in [0.15, 0.2) is 9.84 Å². The zero-order chi connectivity index (χ0) is 16.3. The molecule has 1 unspecified atom stereocenters. The first-order chi connectivity index (χ1) is 11.0. The average molecular weight is 342 g/mol. The third kappa shape index (κ3) is 4.09. The van der Waals surface area contributed by atoms with E-state index in [4.69, 9.17) is 0 Å². The van der Waals surface area contributed by atoms with Gasteiger partial charge in [-0.1, -0.05) is 38.5 Å². The lowest BCUT2D eigenvalue weighted by Crippen LogP contribution is -2.46. The van der Waals surface area contributed by atoms with Crippen molar-refractivity contribution in [2.75, 3.05) is 18.1 Å². The molecule has 3 fully saturated rings. The van der Waals surface area contributed by atoms with Gasteiger partial charge in [0.2, 0.25) is 5.91 Å². The topological polar surface area (TPSA) is 63.2 Å². The molecular weight excluding hydrogens is 310 g/mol. The molecule has 0 aromatic heterocycles. The lowest BCUT2D eigenvalue weighted by molar-refractivity contribution is -0.125. The van der Waals surface area contributed by atoms with Crippen LogP contribution in [0.15, 0.2) is 0 Å². The molecule has 0 radical (unpaired) electrons. The van der Waals surface area contributed by atoms with E-state index in [1.165, 1.54) is 64.2 Å². The van der Waals surface area contributed by atoms with Crippen molar-refractivity contribution in [2.24, 2.45) is 17.3 Å². The third-order valence-electron chi connectivity index (χ3n) is 6.54. The Kier molecular flexibility index (Phi) is 5.34. The van der Waals surface area contributed by atoms with Crippen LogP contribution in [-0.4, -0.2) is 32.4 Å². The summed E-state index contributed by atoms with van der Waals surface area (Å²) in [5.74, 6) is 0.650. The summed E-state index contributed by atoms with van der Waals surface area (Å²) in [6.07, 6.45) is 13.5. The molecule has 23 heavy (non-hydrogen) atoms. The Morgan fingerprint density at radius 3 is 2.22 bits per heavy atom. The SMILES string of the molecule is O=C(NCC1(C2CCCCC2)CCCCC1)C1CCS(=O)(=O)C1. The molecule has 132 valence electrons. The van der Waals surface area contributed by atoms with E-state index in [0.29, 0.717) is 6.42 Å². The van der Waals surface area contributed by atoms with E-state index in [0.717, 1.165) is 12.5 Å². The zero-order valence-corrected chi connectivity index (χ0v) is 15.0. The molecule has 1 atom stereocenters. The van der Waals surface area contributed by atoms with Crippen LogP contribution in [-0.2, 0) is 14.6 Å². The van der Waals surface area contributed by atoms with Gasteiger partial charge < -0.3 is 5.32 Å². The van der Waals surface area contributed by atoms with Crippen LogP contribution < -0.4 is 5.32 Å². The first-order valence-electron chi connectivity index (χ1n) is 9.49. The normalized spacial score (nSPS) is 30.9. The standard InChI is InChI=1S/C18H31NO3S/c20-17(15-9-12-23(21,22)13-15)19-14-18(10-5-2-6-11-18)16-7-3-1-4-8-16/h15-16H,1-14H2,(H,19,20). The van der Waals surface area contributed by atoms with Gasteiger partial charge in [-0.2, -0.15) is 0 Å². The number of carbonyl (C=O) groups is 1. The average Bonchev–Trinajstić information content (AvgIpc) is 2.94. The largest absolute Gasteiger partial charge is 0.355 e. The van der Waals surface area contributed by atoms with Gasteiger partial charge in [-0.3, -0.25) is 4.79 Å². The van der Waals surface area contributed by atoms with Gasteiger partial charge in [-0.05, 0) is 43.4 Å². The minimum absolute atomic E-state index is 0.0215. The van der Waals surface area contributed by atoms with Crippen LogP contribution in [0, 0.1) is 17.3 Å². The van der Waals surface area contributed by atoms with Gasteiger partial charge in [0.05, 0.1) is 17.4 Å². The number of carbonyl (C=O) groups excluding carboxylic acids is 1. The van der Waals surface area contributed by atoms with Gasteiger partial charge in [0.1, 0.15) is 0 Å².